The van der Waals surface area contributed by atoms with Crippen LogP contribution in [0.25, 0.3) is 28.7 Å². The van der Waals surface area contributed by atoms with Crippen LogP contribution >= 0.6 is 23.2 Å². The Bertz CT molecular complexity index is 1340. The molecule has 0 fully saturated rings. The maximum atomic E-state index is 13.2. The molecule has 0 saturated carbocycles. The van der Waals surface area contributed by atoms with Crippen LogP contribution in [0.15, 0.2) is 63.8 Å². The van der Waals surface area contributed by atoms with Gasteiger partial charge in [-0.25, -0.2) is 4.98 Å². The number of benzene rings is 2. The van der Waals surface area contributed by atoms with E-state index in [0.717, 1.165) is 0 Å². The zero-order valence-electron chi connectivity index (χ0n) is 14.6. The van der Waals surface area contributed by atoms with E-state index >= 15 is 0 Å². The molecule has 0 aliphatic carbocycles. The second kappa shape index (κ2) is 7.54. The van der Waals surface area contributed by atoms with Crippen LogP contribution in [0.1, 0.15) is 11.6 Å². The highest BCUT2D eigenvalue weighted by atomic mass is 35.5. The van der Waals surface area contributed by atoms with Crippen molar-refractivity contribution in [2.24, 2.45) is 0 Å². The molecule has 7 nitrogen and oxygen atoms in total. The van der Waals surface area contributed by atoms with Gasteiger partial charge in [-0.15, -0.1) is 0 Å². The molecule has 4 aromatic rings. The van der Waals surface area contributed by atoms with Crippen LogP contribution < -0.4 is 5.56 Å². The first-order valence-corrected chi connectivity index (χ1v) is 9.09. The molecule has 0 unspecified atom stereocenters. The lowest BCUT2D eigenvalue weighted by Gasteiger charge is -2.13. The zero-order chi connectivity index (χ0) is 20.5. The number of nitrogens with zero attached hydrogens (tertiary/aromatic N) is 3. The van der Waals surface area contributed by atoms with E-state index in [4.69, 9.17) is 27.6 Å². The molecule has 9 heteroatoms. The molecule has 0 aliphatic rings. The van der Waals surface area contributed by atoms with Gasteiger partial charge in [0.05, 0.1) is 27.7 Å². The summed E-state index contributed by atoms with van der Waals surface area (Å²) >= 11 is 12.4. The SMILES string of the molecule is O=c1c2ccccc2nc(/C=C\c2ccc([N+](=O)[O-])o2)n1-c1cc(Cl)ccc1Cl. The van der Waals surface area contributed by atoms with E-state index in [1.165, 1.54) is 28.9 Å². The van der Waals surface area contributed by atoms with Gasteiger partial charge in [0.2, 0.25) is 0 Å². The molecule has 0 atom stereocenters. The molecule has 0 amide bonds. The molecule has 0 saturated heterocycles. The smallest absolute Gasteiger partial charge is 0.401 e. The highest BCUT2D eigenvalue weighted by molar-refractivity contribution is 6.34. The van der Waals surface area contributed by atoms with Gasteiger partial charge in [0.15, 0.2) is 0 Å². The molecule has 2 heterocycles. The van der Waals surface area contributed by atoms with E-state index in [1.54, 1.807) is 42.5 Å². The predicted molar refractivity (Wildman–Crippen MR) is 112 cm³/mol. The summed E-state index contributed by atoms with van der Waals surface area (Å²) in [5, 5.41) is 11.9. The fourth-order valence-electron chi connectivity index (χ4n) is 2.84. The largest absolute Gasteiger partial charge is 0.433 e. The molecule has 4 rings (SSSR count). The van der Waals surface area contributed by atoms with Gasteiger partial charge in [-0.2, -0.15) is 0 Å². The maximum absolute atomic E-state index is 13.2. The van der Waals surface area contributed by atoms with Crippen molar-refractivity contribution in [3.63, 3.8) is 0 Å². The Labute approximate surface area is 173 Å². The average molecular weight is 428 g/mol. The fourth-order valence-corrected chi connectivity index (χ4v) is 3.21. The van der Waals surface area contributed by atoms with Gasteiger partial charge in [-0.05, 0) is 48.6 Å². The summed E-state index contributed by atoms with van der Waals surface area (Å²) in [5.41, 5.74) is 0.536. The van der Waals surface area contributed by atoms with Crippen molar-refractivity contribution >= 4 is 52.1 Å². The lowest BCUT2D eigenvalue weighted by Crippen LogP contribution is -2.22. The third-order valence-corrected chi connectivity index (χ3v) is 4.69. The number of hydrogen-bond acceptors (Lipinski definition) is 5. The summed E-state index contributed by atoms with van der Waals surface area (Å²) in [4.78, 5) is 27.9. The summed E-state index contributed by atoms with van der Waals surface area (Å²) in [5.74, 6) is 0.117. The van der Waals surface area contributed by atoms with Crippen molar-refractivity contribution in [1.29, 1.82) is 0 Å². The van der Waals surface area contributed by atoms with Crippen molar-refractivity contribution in [3.8, 4) is 5.69 Å². The molecule has 2 aromatic heterocycles. The molecule has 144 valence electrons. The summed E-state index contributed by atoms with van der Waals surface area (Å²) < 4.78 is 6.46. The number of hydrogen-bond donors (Lipinski definition) is 0. The zero-order valence-corrected chi connectivity index (χ0v) is 16.1. The molecule has 2 aromatic carbocycles. The minimum atomic E-state index is -0.632. The Kier molecular flexibility index (Phi) is 4.92. The summed E-state index contributed by atoms with van der Waals surface area (Å²) in [6.45, 7) is 0. The average Bonchev–Trinajstić information content (AvgIpc) is 3.18. The number of furan rings is 1. The number of aromatic nitrogens is 2. The van der Waals surface area contributed by atoms with Crippen LogP contribution in [0.3, 0.4) is 0 Å². The standard InChI is InChI=1S/C20H11Cl2N3O4/c21-12-5-8-15(22)17(11-12)24-18(9-6-13-7-10-19(29-13)25(27)28)23-16-4-2-1-3-14(16)20(24)26/h1-11H/b9-6-. The van der Waals surface area contributed by atoms with Gasteiger partial charge in [-0.1, -0.05) is 35.3 Å². The molecule has 0 aliphatic heterocycles. The van der Waals surface area contributed by atoms with Crippen molar-refractivity contribution in [2.45, 2.75) is 0 Å². The maximum Gasteiger partial charge on any atom is 0.433 e. The first-order chi connectivity index (χ1) is 13.9. The first kappa shape index (κ1) is 18.9. The van der Waals surface area contributed by atoms with Crippen molar-refractivity contribution in [1.82, 2.24) is 9.55 Å². The van der Waals surface area contributed by atoms with E-state index < -0.39 is 4.92 Å². The number of nitro groups is 1. The quantitative estimate of drug-likeness (QED) is 0.322. The van der Waals surface area contributed by atoms with Gasteiger partial charge in [0.25, 0.3) is 5.56 Å². The van der Waals surface area contributed by atoms with Crippen LogP contribution in [-0.4, -0.2) is 14.5 Å². The lowest BCUT2D eigenvalue weighted by molar-refractivity contribution is -0.402. The van der Waals surface area contributed by atoms with Crippen LogP contribution in [-0.2, 0) is 0 Å². The Morgan fingerprint density at radius 3 is 2.62 bits per heavy atom. The van der Waals surface area contributed by atoms with Crippen LogP contribution in [0, 0.1) is 10.1 Å². The highest BCUT2D eigenvalue weighted by Gasteiger charge is 2.15. The van der Waals surface area contributed by atoms with Gasteiger partial charge >= 0.3 is 5.88 Å². The minimum Gasteiger partial charge on any atom is -0.401 e. The predicted octanol–water partition coefficient (Wildman–Crippen LogP) is 5.36. The second-order valence-electron chi connectivity index (χ2n) is 5.99. The lowest BCUT2D eigenvalue weighted by atomic mass is 10.2. The Hall–Kier alpha value is -3.42. The van der Waals surface area contributed by atoms with Crippen molar-refractivity contribution < 1.29 is 9.34 Å². The second-order valence-corrected chi connectivity index (χ2v) is 6.83. The van der Waals surface area contributed by atoms with E-state index in [9.17, 15) is 14.9 Å². The normalized spacial score (nSPS) is 11.4. The Balaban J connectivity index is 1.94. The van der Waals surface area contributed by atoms with E-state index in [2.05, 4.69) is 4.98 Å². The molecule has 0 radical (unpaired) electrons. The highest BCUT2D eigenvalue weighted by Crippen LogP contribution is 2.26. The Morgan fingerprint density at radius 2 is 1.86 bits per heavy atom. The fraction of sp³-hybridized carbons (Fsp3) is 0. The van der Waals surface area contributed by atoms with E-state index in [0.29, 0.717) is 26.6 Å². The molecule has 29 heavy (non-hydrogen) atoms. The van der Waals surface area contributed by atoms with Crippen LogP contribution in [0.5, 0.6) is 0 Å². The topological polar surface area (TPSA) is 91.2 Å². The molecule has 0 bridgehead atoms. The number of halogens is 2. The van der Waals surface area contributed by atoms with Gasteiger partial charge in [0, 0.05) is 5.02 Å². The molecule has 0 N–H and O–H groups in total. The van der Waals surface area contributed by atoms with Crippen LogP contribution in [0.2, 0.25) is 10.0 Å². The van der Waals surface area contributed by atoms with Gasteiger partial charge in [-0.3, -0.25) is 19.5 Å². The monoisotopic (exact) mass is 427 g/mol. The first-order valence-electron chi connectivity index (χ1n) is 8.33. The van der Waals surface area contributed by atoms with Crippen LogP contribution in [0.4, 0.5) is 5.88 Å². The molecule has 0 spiro atoms. The van der Waals surface area contributed by atoms with Gasteiger partial charge < -0.3 is 4.42 Å². The minimum absolute atomic E-state index is 0.239. The van der Waals surface area contributed by atoms with E-state index in [-0.39, 0.29) is 23.0 Å². The molecular weight excluding hydrogens is 417 g/mol. The summed E-state index contributed by atoms with van der Waals surface area (Å²) in [6.07, 6.45) is 3.01. The Morgan fingerprint density at radius 1 is 1.07 bits per heavy atom. The number of rotatable bonds is 4. The third-order valence-electron chi connectivity index (χ3n) is 4.14. The van der Waals surface area contributed by atoms with E-state index in [1.807, 2.05) is 0 Å². The number of para-hydroxylation sites is 1. The van der Waals surface area contributed by atoms with Crippen molar-refractivity contribution in [2.75, 3.05) is 0 Å². The van der Waals surface area contributed by atoms with Gasteiger partial charge in [0.1, 0.15) is 16.5 Å². The van der Waals surface area contributed by atoms with Crippen molar-refractivity contribution in [3.05, 3.63) is 96.7 Å². The molecular formula is C20H11Cl2N3O4. The summed E-state index contributed by atoms with van der Waals surface area (Å²) in [7, 11) is 0. The number of fused-ring (bicyclic) bond motifs is 1. The summed E-state index contributed by atoms with van der Waals surface area (Å²) in [6, 6.07) is 14.4. The third kappa shape index (κ3) is 3.65.